The number of hydrogen-bond acceptors (Lipinski definition) is 2. The van der Waals surface area contributed by atoms with Gasteiger partial charge in [0.15, 0.2) is 0 Å². The first-order valence-corrected chi connectivity index (χ1v) is 4.27. The molecule has 1 amide bonds. The van der Waals surface area contributed by atoms with Gasteiger partial charge in [0.1, 0.15) is 0 Å². The maximum Gasteiger partial charge on any atom is 0.410 e. The van der Waals surface area contributed by atoms with Crippen molar-refractivity contribution in [3.8, 4) is 0 Å². The van der Waals surface area contributed by atoms with Crippen LogP contribution in [0.3, 0.4) is 0 Å². The summed E-state index contributed by atoms with van der Waals surface area (Å²) in [4.78, 5) is 12.4. The van der Waals surface area contributed by atoms with Crippen LogP contribution >= 0.6 is 11.6 Å². The number of rotatable bonds is 4. The molecular weight excluding hydrogens is 166 g/mol. The van der Waals surface area contributed by atoms with E-state index in [4.69, 9.17) is 16.3 Å². The van der Waals surface area contributed by atoms with E-state index in [1.54, 1.807) is 6.92 Å². The first-order chi connectivity index (χ1) is 5.26. The van der Waals surface area contributed by atoms with Gasteiger partial charge in [0.05, 0.1) is 12.6 Å². The number of hydrogen-bond donors (Lipinski definition) is 0. The highest BCUT2D eigenvalue weighted by atomic mass is 35.5. The summed E-state index contributed by atoms with van der Waals surface area (Å²) in [7, 11) is 0. The highest BCUT2D eigenvalue weighted by molar-refractivity contribution is 6.18. The monoisotopic (exact) mass is 179 g/mol. The van der Waals surface area contributed by atoms with Crippen molar-refractivity contribution < 1.29 is 9.53 Å². The average molecular weight is 180 g/mol. The number of amides is 1. The molecule has 0 aromatic rings. The molecule has 0 bridgehead atoms. The molecule has 0 aliphatic carbocycles. The van der Waals surface area contributed by atoms with Crippen molar-refractivity contribution in [2.75, 3.05) is 19.2 Å². The minimum absolute atomic E-state index is 0.201. The summed E-state index contributed by atoms with van der Waals surface area (Å²) in [5.74, 6) is 0. The Labute approximate surface area is 72.3 Å². The van der Waals surface area contributed by atoms with Crippen LogP contribution in [0.15, 0.2) is 0 Å². The molecule has 0 rings (SSSR count). The van der Waals surface area contributed by atoms with Gasteiger partial charge in [-0.3, -0.25) is 4.90 Å². The molecule has 0 saturated carbocycles. The zero-order chi connectivity index (χ0) is 8.69. The summed E-state index contributed by atoms with van der Waals surface area (Å²) in [5.41, 5.74) is 0. The summed E-state index contributed by atoms with van der Waals surface area (Å²) < 4.78 is 4.75. The van der Waals surface area contributed by atoms with Crippen LogP contribution in [0, 0.1) is 0 Å². The van der Waals surface area contributed by atoms with Gasteiger partial charge in [-0.1, -0.05) is 6.92 Å². The highest BCUT2D eigenvalue weighted by Crippen LogP contribution is 1.97. The van der Waals surface area contributed by atoms with Gasteiger partial charge in [0, 0.05) is 6.54 Å². The number of nitrogens with zero attached hydrogens (tertiary/aromatic N) is 1. The third-order valence-electron chi connectivity index (χ3n) is 1.16. The molecule has 0 unspecified atom stereocenters. The van der Waals surface area contributed by atoms with Crippen LogP contribution in [-0.2, 0) is 4.74 Å². The maximum atomic E-state index is 11.0. The summed E-state index contributed by atoms with van der Waals surface area (Å²) in [6.45, 7) is 4.81. The molecule has 0 radical (unpaired) electrons. The van der Waals surface area contributed by atoms with Gasteiger partial charge in [-0.15, -0.1) is 11.6 Å². The van der Waals surface area contributed by atoms with E-state index in [1.165, 1.54) is 4.90 Å². The van der Waals surface area contributed by atoms with Crippen LogP contribution in [0.4, 0.5) is 4.79 Å². The van der Waals surface area contributed by atoms with Crippen molar-refractivity contribution >= 4 is 17.7 Å². The van der Waals surface area contributed by atoms with Gasteiger partial charge < -0.3 is 4.74 Å². The number of carbonyl (C=O) groups is 1. The van der Waals surface area contributed by atoms with Crippen LogP contribution in [0.25, 0.3) is 0 Å². The van der Waals surface area contributed by atoms with Crippen LogP contribution in [0.2, 0.25) is 0 Å². The van der Waals surface area contributed by atoms with Crippen molar-refractivity contribution in [3.05, 3.63) is 0 Å². The fourth-order valence-electron chi connectivity index (χ4n) is 0.685. The van der Waals surface area contributed by atoms with Gasteiger partial charge in [-0.05, 0) is 13.3 Å². The number of alkyl halides is 1. The average Bonchev–Trinajstić information content (AvgIpc) is 2.00. The summed E-state index contributed by atoms with van der Waals surface area (Å²) in [6, 6.07) is 0.201. The Hall–Kier alpha value is -0.440. The Kier molecular flexibility index (Phi) is 6.03. The van der Waals surface area contributed by atoms with Crippen LogP contribution < -0.4 is 0 Å². The second-order valence-electron chi connectivity index (χ2n) is 2.08. The van der Waals surface area contributed by atoms with Gasteiger partial charge >= 0.3 is 6.09 Å². The third-order valence-corrected chi connectivity index (χ3v) is 1.45. The lowest BCUT2D eigenvalue weighted by atomic mass is 10.5. The standard InChI is InChI=1S/C7H14ClNO2/c1-3-5-9(6-8)7(10)11-4-2/h3-6H2,1-2H3. The molecule has 0 saturated heterocycles. The van der Waals surface area contributed by atoms with Crippen molar-refractivity contribution in [2.24, 2.45) is 0 Å². The number of halogens is 1. The van der Waals surface area contributed by atoms with Gasteiger partial charge in [0.2, 0.25) is 0 Å². The van der Waals surface area contributed by atoms with E-state index >= 15 is 0 Å². The van der Waals surface area contributed by atoms with Crippen molar-refractivity contribution in [1.29, 1.82) is 0 Å². The highest BCUT2D eigenvalue weighted by Gasteiger charge is 2.10. The molecular formula is C7H14ClNO2. The van der Waals surface area contributed by atoms with E-state index in [2.05, 4.69) is 0 Å². The van der Waals surface area contributed by atoms with Gasteiger partial charge in [-0.25, -0.2) is 4.79 Å². The number of ether oxygens (including phenoxy) is 1. The first-order valence-electron chi connectivity index (χ1n) is 3.73. The van der Waals surface area contributed by atoms with E-state index in [1.807, 2.05) is 6.92 Å². The van der Waals surface area contributed by atoms with Gasteiger partial charge in [-0.2, -0.15) is 0 Å². The van der Waals surface area contributed by atoms with Crippen molar-refractivity contribution in [2.45, 2.75) is 20.3 Å². The Morgan fingerprint density at radius 3 is 2.55 bits per heavy atom. The first kappa shape index (κ1) is 10.6. The molecule has 0 aromatic carbocycles. The quantitative estimate of drug-likeness (QED) is 0.489. The summed E-state index contributed by atoms with van der Waals surface area (Å²) in [5, 5.41) is 0. The van der Waals surface area contributed by atoms with Gasteiger partial charge in [0.25, 0.3) is 0 Å². The van der Waals surface area contributed by atoms with E-state index in [0.29, 0.717) is 13.2 Å². The Morgan fingerprint density at radius 1 is 1.55 bits per heavy atom. The third kappa shape index (κ3) is 4.09. The van der Waals surface area contributed by atoms with E-state index < -0.39 is 0 Å². The van der Waals surface area contributed by atoms with E-state index in [0.717, 1.165) is 6.42 Å². The second-order valence-corrected chi connectivity index (χ2v) is 2.32. The molecule has 0 heterocycles. The normalized spacial score (nSPS) is 9.36. The Morgan fingerprint density at radius 2 is 2.18 bits per heavy atom. The molecule has 11 heavy (non-hydrogen) atoms. The van der Waals surface area contributed by atoms with E-state index in [-0.39, 0.29) is 12.1 Å². The zero-order valence-electron chi connectivity index (χ0n) is 6.97. The van der Waals surface area contributed by atoms with Crippen molar-refractivity contribution in [1.82, 2.24) is 4.90 Å². The minimum atomic E-state index is -0.329. The lowest BCUT2D eigenvalue weighted by Gasteiger charge is -2.17. The smallest absolute Gasteiger partial charge is 0.410 e. The predicted octanol–water partition coefficient (Wildman–Crippen LogP) is 2.05. The van der Waals surface area contributed by atoms with Crippen LogP contribution in [0.5, 0.6) is 0 Å². The second kappa shape index (κ2) is 6.28. The molecule has 0 N–H and O–H groups in total. The zero-order valence-corrected chi connectivity index (χ0v) is 7.73. The number of carbonyl (C=O) groups excluding carboxylic acids is 1. The fraction of sp³-hybridized carbons (Fsp3) is 0.857. The van der Waals surface area contributed by atoms with E-state index in [9.17, 15) is 4.79 Å². The molecule has 0 spiro atoms. The molecule has 0 aromatic heterocycles. The molecule has 4 heteroatoms. The lowest BCUT2D eigenvalue weighted by molar-refractivity contribution is 0.114. The molecule has 66 valence electrons. The van der Waals surface area contributed by atoms with Crippen LogP contribution in [0.1, 0.15) is 20.3 Å². The largest absolute Gasteiger partial charge is 0.450 e. The topological polar surface area (TPSA) is 29.5 Å². The van der Waals surface area contributed by atoms with Crippen molar-refractivity contribution in [3.63, 3.8) is 0 Å². The predicted molar refractivity (Wildman–Crippen MR) is 44.7 cm³/mol. The molecule has 0 atom stereocenters. The molecule has 0 aliphatic rings. The maximum absolute atomic E-state index is 11.0. The Bertz CT molecular complexity index is 119. The van der Waals surface area contributed by atoms with Crippen LogP contribution in [-0.4, -0.2) is 30.1 Å². The fourth-order valence-corrected chi connectivity index (χ4v) is 0.902. The minimum Gasteiger partial charge on any atom is -0.450 e. The SMILES string of the molecule is CCCN(CCl)C(=O)OCC. The summed E-state index contributed by atoms with van der Waals surface area (Å²) >= 11 is 5.50. The summed E-state index contributed by atoms with van der Waals surface area (Å²) in [6.07, 6.45) is 0.565. The Balaban J connectivity index is 3.71. The lowest BCUT2D eigenvalue weighted by Crippen LogP contribution is -2.31. The molecule has 0 aliphatic heterocycles. The molecule has 3 nitrogen and oxygen atoms in total. The molecule has 0 fully saturated rings.